The van der Waals surface area contributed by atoms with Crippen molar-refractivity contribution >= 4 is 22.9 Å². The summed E-state index contributed by atoms with van der Waals surface area (Å²) in [6.07, 6.45) is 10.1. The number of aromatic nitrogens is 2. The minimum atomic E-state index is 0.512. The highest BCUT2D eigenvalue weighted by atomic mass is 35.5. The van der Waals surface area contributed by atoms with E-state index in [4.69, 9.17) is 11.6 Å². The predicted octanol–water partition coefficient (Wildman–Crippen LogP) is 4.04. The summed E-state index contributed by atoms with van der Waals surface area (Å²) in [5.74, 6) is 3.59. The minimum absolute atomic E-state index is 0.512. The van der Waals surface area contributed by atoms with Crippen LogP contribution in [0.2, 0.25) is 0 Å². The highest BCUT2D eigenvalue weighted by Crippen LogP contribution is 2.61. The summed E-state index contributed by atoms with van der Waals surface area (Å²) in [5.41, 5.74) is 0.581. The fourth-order valence-electron chi connectivity index (χ4n) is 5.24. The average Bonchev–Trinajstić information content (AvgIpc) is 2.74. The first-order valence-electron chi connectivity index (χ1n) is 7.12. The van der Waals surface area contributed by atoms with E-state index >= 15 is 0 Å². The van der Waals surface area contributed by atoms with Crippen LogP contribution in [0.1, 0.15) is 48.5 Å². The topological polar surface area (TPSA) is 25.8 Å². The molecule has 4 fully saturated rings. The molecule has 1 aromatic heterocycles. The van der Waals surface area contributed by atoms with Gasteiger partial charge in [0.05, 0.1) is 5.88 Å². The quantitative estimate of drug-likeness (QED) is 0.782. The van der Waals surface area contributed by atoms with E-state index in [1.807, 2.05) is 0 Å². The number of halogens is 1. The molecule has 0 aromatic carbocycles. The number of hydrogen-bond acceptors (Lipinski definition) is 3. The van der Waals surface area contributed by atoms with Crippen LogP contribution >= 0.6 is 22.9 Å². The summed E-state index contributed by atoms with van der Waals surface area (Å²) >= 11 is 7.55. The van der Waals surface area contributed by atoms with Crippen LogP contribution in [0.4, 0.5) is 0 Å². The fraction of sp³-hybridized carbons (Fsp3) is 0.857. The Bertz CT molecular complexity index is 421. The predicted molar refractivity (Wildman–Crippen MR) is 73.8 cm³/mol. The van der Waals surface area contributed by atoms with E-state index in [1.54, 1.807) is 11.3 Å². The molecule has 1 aromatic rings. The molecule has 2 nitrogen and oxygen atoms in total. The maximum Gasteiger partial charge on any atom is 0.132 e. The molecule has 1 heterocycles. The molecule has 0 amide bonds. The normalized spacial score (nSPS) is 41.5. The summed E-state index contributed by atoms with van der Waals surface area (Å²) in [6, 6.07) is 0. The Hall–Kier alpha value is -0.150. The minimum Gasteiger partial charge on any atom is -0.143 e. The molecule has 0 aliphatic heterocycles. The van der Waals surface area contributed by atoms with E-state index in [0.717, 1.165) is 22.8 Å². The Labute approximate surface area is 117 Å². The summed E-state index contributed by atoms with van der Waals surface area (Å²) < 4.78 is 0. The van der Waals surface area contributed by atoms with Crippen molar-refractivity contribution in [3.63, 3.8) is 0 Å². The second-order valence-electron chi connectivity index (χ2n) is 6.82. The molecule has 4 saturated carbocycles. The zero-order chi connectivity index (χ0) is 12.2. The third-order valence-corrected chi connectivity index (χ3v) is 6.65. The van der Waals surface area contributed by atoms with Crippen LogP contribution in [0.3, 0.4) is 0 Å². The number of hydrogen-bond donors (Lipinski definition) is 0. The molecule has 4 heteroatoms. The van der Waals surface area contributed by atoms with E-state index in [2.05, 4.69) is 10.2 Å². The van der Waals surface area contributed by atoms with E-state index in [-0.39, 0.29) is 0 Å². The zero-order valence-electron chi connectivity index (χ0n) is 10.6. The second-order valence-corrected chi connectivity index (χ2v) is 8.23. The second kappa shape index (κ2) is 4.17. The average molecular weight is 283 g/mol. The van der Waals surface area contributed by atoms with Crippen molar-refractivity contribution in [2.24, 2.45) is 23.2 Å². The van der Waals surface area contributed by atoms with Gasteiger partial charge in [-0.2, -0.15) is 0 Å². The molecule has 4 aliphatic rings. The largest absolute Gasteiger partial charge is 0.143 e. The molecule has 0 spiro atoms. The summed E-state index contributed by atoms with van der Waals surface area (Å²) in [5, 5.41) is 10.7. The Morgan fingerprint density at radius 2 is 1.56 bits per heavy atom. The smallest absolute Gasteiger partial charge is 0.132 e. The van der Waals surface area contributed by atoms with Crippen LogP contribution in [0.15, 0.2) is 0 Å². The van der Waals surface area contributed by atoms with Gasteiger partial charge in [-0.3, -0.25) is 0 Å². The Balaban J connectivity index is 1.56. The van der Waals surface area contributed by atoms with Gasteiger partial charge in [0.2, 0.25) is 0 Å². The highest BCUT2D eigenvalue weighted by Gasteiger charge is 2.50. The van der Waals surface area contributed by atoms with Gasteiger partial charge in [-0.1, -0.05) is 0 Å². The summed E-state index contributed by atoms with van der Waals surface area (Å²) in [4.78, 5) is 0. The molecule has 4 bridgehead atoms. The van der Waals surface area contributed by atoms with E-state index in [0.29, 0.717) is 11.3 Å². The van der Waals surface area contributed by atoms with E-state index < -0.39 is 0 Å². The highest BCUT2D eigenvalue weighted by molar-refractivity contribution is 7.11. The lowest BCUT2D eigenvalue weighted by atomic mass is 9.49. The first-order chi connectivity index (χ1) is 8.75. The lowest BCUT2D eigenvalue weighted by Crippen LogP contribution is -2.47. The van der Waals surface area contributed by atoms with Crippen LogP contribution in [0, 0.1) is 23.2 Å². The Morgan fingerprint density at radius 3 is 2.06 bits per heavy atom. The van der Waals surface area contributed by atoms with Gasteiger partial charge < -0.3 is 0 Å². The molecule has 0 radical (unpaired) electrons. The Kier molecular flexibility index (Phi) is 2.70. The molecule has 0 N–H and O–H groups in total. The van der Waals surface area contributed by atoms with Gasteiger partial charge >= 0.3 is 0 Å². The molecule has 0 unspecified atom stereocenters. The lowest BCUT2D eigenvalue weighted by Gasteiger charge is -2.56. The van der Waals surface area contributed by atoms with Gasteiger partial charge in [-0.05, 0) is 61.7 Å². The third-order valence-electron chi connectivity index (χ3n) is 5.31. The van der Waals surface area contributed by atoms with Crippen LogP contribution in [-0.2, 0) is 12.3 Å². The summed E-state index contributed by atoms with van der Waals surface area (Å²) in [6.45, 7) is 0. The van der Waals surface area contributed by atoms with Gasteiger partial charge in [0.1, 0.15) is 10.0 Å². The van der Waals surface area contributed by atoms with E-state index in [1.165, 1.54) is 50.0 Å². The van der Waals surface area contributed by atoms with Crippen molar-refractivity contribution in [1.82, 2.24) is 10.2 Å². The fourth-order valence-corrected chi connectivity index (χ4v) is 6.33. The molecule has 5 rings (SSSR count). The van der Waals surface area contributed by atoms with Gasteiger partial charge in [0.15, 0.2) is 0 Å². The third kappa shape index (κ3) is 1.90. The lowest BCUT2D eigenvalue weighted by molar-refractivity contribution is -0.0522. The van der Waals surface area contributed by atoms with Crippen molar-refractivity contribution in [2.75, 3.05) is 0 Å². The number of alkyl halides is 1. The molecular weight excluding hydrogens is 264 g/mol. The maximum atomic E-state index is 5.82. The van der Waals surface area contributed by atoms with Crippen molar-refractivity contribution in [3.8, 4) is 0 Å². The van der Waals surface area contributed by atoms with Gasteiger partial charge in [0.25, 0.3) is 0 Å². The standard InChI is InChI=1S/C14H19ClN2S/c15-8-13-17-16-12(18-13)7-14-4-9-1-10(5-14)3-11(2-9)6-14/h9-11H,1-8H2. The number of rotatable bonds is 3. The van der Waals surface area contributed by atoms with Crippen molar-refractivity contribution < 1.29 is 0 Å². The van der Waals surface area contributed by atoms with Crippen molar-refractivity contribution in [1.29, 1.82) is 0 Å². The van der Waals surface area contributed by atoms with Crippen LogP contribution in [0.25, 0.3) is 0 Å². The van der Waals surface area contributed by atoms with Crippen LogP contribution < -0.4 is 0 Å². The van der Waals surface area contributed by atoms with Crippen LogP contribution in [0.5, 0.6) is 0 Å². The van der Waals surface area contributed by atoms with E-state index in [9.17, 15) is 0 Å². The monoisotopic (exact) mass is 282 g/mol. The van der Waals surface area contributed by atoms with Crippen molar-refractivity contribution in [2.45, 2.75) is 50.8 Å². The molecular formula is C14H19ClN2S. The van der Waals surface area contributed by atoms with Gasteiger partial charge in [-0.15, -0.1) is 33.1 Å². The molecule has 0 atom stereocenters. The zero-order valence-corrected chi connectivity index (χ0v) is 12.1. The SMILES string of the molecule is ClCc1nnc(CC23CC4CC(CC(C4)C2)C3)s1. The molecule has 98 valence electrons. The van der Waals surface area contributed by atoms with Crippen molar-refractivity contribution in [3.05, 3.63) is 10.0 Å². The summed E-state index contributed by atoms with van der Waals surface area (Å²) in [7, 11) is 0. The van der Waals surface area contributed by atoms with Crippen LogP contribution in [-0.4, -0.2) is 10.2 Å². The molecule has 18 heavy (non-hydrogen) atoms. The first kappa shape index (κ1) is 11.7. The Morgan fingerprint density at radius 1 is 1.00 bits per heavy atom. The maximum absolute atomic E-state index is 5.82. The molecule has 0 saturated heterocycles. The number of nitrogens with zero attached hydrogens (tertiary/aromatic N) is 2. The molecule has 4 aliphatic carbocycles. The van der Waals surface area contributed by atoms with Gasteiger partial charge in [0, 0.05) is 6.42 Å². The first-order valence-corrected chi connectivity index (χ1v) is 8.47. The van der Waals surface area contributed by atoms with Gasteiger partial charge in [-0.25, -0.2) is 0 Å².